The molecule has 0 aliphatic carbocycles. The Balaban J connectivity index is 2.15. The van der Waals surface area contributed by atoms with Gasteiger partial charge in [-0.3, -0.25) is 0 Å². The van der Waals surface area contributed by atoms with E-state index in [0.29, 0.717) is 12.2 Å². The third kappa shape index (κ3) is 3.73. The van der Waals surface area contributed by atoms with Crippen molar-refractivity contribution in [3.63, 3.8) is 0 Å². The van der Waals surface area contributed by atoms with Crippen LogP contribution >= 0.6 is 27.3 Å². The summed E-state index contributed by atoms with van der Waals surface area (Å²) in [5.41, 5.74) is 0.677. The Kier molecular flexibility index (Phi) is 4.20. The minimum atomic E-state index is -4.31. The predicted octanol–water partition coefficient (Wildman–Crippen LogP) is 5.45. The third-order valence-electron chi connectivity index (χ3n) is 2.64. The van der Waals surface area contributed by atoms with Gasteiger partial charge in [-0.25, -0.2) is 0 Å². The van der Waals surface area contributed by atoms with Crippen molar-refractivity contribution in [3.05, 3.63) is 50.1 Å². The van der Waals surface area contributed by atoms with E-state index in [1.165, 1.54) is 6.07 Å². The maximum absolute atomic E-state index is 12.6. The van der Waals surface area contributed by atoms with E-state index >= 15 is 0 Å². The van der Waals surface area contributed by atoms with Crippen molar-refractivity contribution in [3.8, 4) is 0 Å². The highest BCUT2D eigenvalue weighted by Gasteiger charge is 2.30. The van der Waals surface area contributed by atoms with Gasteiger partial charge in [0.2, 0.25) is 0 Å². The average molecular weight is 350 g/mol. The van der Waals surface area contributed by atoms with Crippen LogP contribution in [0.25, 0.3) is 0 Å². The number of anilines is 1. The van der Waals surface area contributed by atoms with Crippen LogP contribution in [-0.2, 0) is 12.7 Å². The van der Waals surface area contributed by atoms with Crippen LogP contribution in [0.15, 0.2) is 34.1 Å². The summed E-state index contributed by atoms with van der Waals surface area (Å²) in [6.07, 6.45) is -4.31. The molecule has 0 bridgehead atoms. The Bertz CT molecular complexity index is 578. The van der Waals surface area contributed by atoms with Crippen LogP contribution in [0.2, 0.25) is 0 Å². The molecule has 102 valence electrons. The van der Waals surface area contributed by atoms with Gasteiger partial charge in [-0.1, -0.05) is 6.07 Å². The van der Waals surface area contributed by atoms with Gasteiger partial charge < -0.3 is 5.32 Å². The molecular formula is C13H11BrF3NS. The van der Waals surface area contributed by atoms with E-state index in [2.05, 4.69) is 21.2 Å². The second kappa shape index (κ2) is 5.54. The van der Waals surface area contributed by atoms with E-state index in [4.69, 9.17) is 0 Å². The summed E-state index contributed by atoms with van der Waals surface area (Å²) in [6.45, 7) is 2.30. The smallest absolute Gasteiger partial charge is 0.380 e. The normalized spacial score (nSPS) is 11.6. The lowest BCUT2D eigenvalue weighted by molar-refractivity contribution is -0.137. The van der Waals surface area contributed by atoms with E-state index in [1.807, 2.05) is 11.4 Å². The molecule has 0 fully saturated rings. The molecule has 0 atom stereocenters. The van der Waals surface area contributed by atoms with Crippen LogP contribution in [0.5, 0.6) is 0 Å². The Labute approximate surface area is 121 Å². The maximum Gasteiger partial charge on any atom is 0.416 e. The van der Waals surface area contributed by atoms with Gasteiger partial charge in [0.1, 0.15) is 0 Å². The lowest BCUT2D eigenvalue weighted by Gasteiger charge is -2.12. The topological polar surface area (TPSA) is 12.0 Å². The number of halogens is 4. The minimum absolute atomic E-state index is 0.512. The standard InChI is InChI=1S/C13H11BrF3NS/c1-8-2-3-9(13(15,16)17)4-12(8)18-6-11-5-10(14)7-19-11/h2-5,7,18H,6H2,1H3. The highest BCUT2D eigenvalue weighted by molar-refractivity contribution is 9.10. The second-order valence-corrected chi connectivity index (χ2v) is 6.02. The molecule has 19 heavy (non-hydrogen) atoms. The molecule has 1 aromatic carbocycles. The summed E-state index contributed by atoms with van der Waals surface area (Å²) in [6, 6.07) is 5.68. The van der Waals surface area contributed by atoms with Crippen molar-refractivity contribution in [1.29, 1.82) is 0 Å². The van der Waals surface area contributed by atoms with Crippen molar-refractivity contribution in [2.45, 2.75) is 19.6 Å². The van der Waals surface area contributed by atoms with Crippen molar-refractivity contribution < 1.29 is 13.2 Å². The van der Waals surface area contributed by atoms with E-state index in [9.17, 15) is 13.2 Å². The monoisotopic (exact) mass is 349 g/mol. The molecule has 1 heterocycles. The van der Waals surface area contributed by atoms with Crippen molar-refractivity contribution in [1.82, 2.24) is 0 Å². The van der Waals surface area contributed by atoms with Crippen LogP contribution in [0, 0.1) is 6.92 Å². The van der Waals surface area contributed by atoms with Gasteiger partial charge >= 0.3 is 6.18 Å². The third-order valence-corrected chi connectivity index (χ3v) is 4.34. The Morgan fingerprint density at radius 2 is 2.00 bits per heavy atom. The van der Waals surface area contributed by atoms with Crippen LogP contribution in [0.3, 0.4) is 0 Å². The fourth-order valence-electron chi connectivity index (χ4n) is 1.62. The first kappa shape index (κ1) is 14.4. The number of benzene rings is 1. The van der Waals surface area contributed by atoms with Gasteiger partial charge in [-0.05, 0) is 46.6 Å². The Morgan fingerprint density at radius 3 is 2.58 bits per heavy atom. The number of alkyl halides is 3. The molecule has 1 aromatic heterocycles. The summed E-state index contributed by atoms with van der Waals surface area (Å²) in [4.78, 5) is 1.06. The zero-order valence-electron chi connectivity index (χ0n) is 10.0. The van der Waals surface area contributed by atoms with Gasteiger partial charge in [-0.2, -0.15) is 13.2 Å². The van der Waals surface area contributed by atoms with Gasteiger partial charge in [0.05, 0.1) is 5.56 Å². The van der Waals surface area contributed by atoms with E-state index < -0.39 is 11.7 Å². The zero-order chi connectivity index (χ0) is 14.0. The fraction of sp³-hybridized carbons (Fsp3) is 0.231. The summed E-state index contributed by atoms with van der Waals surface area (Å²) in [7, 11) is 0. The highest BCUT2D eigenvalue weighted by Crippen LogP contribution is 2.32. The minimum Gasteiger partial charge on any atom is -0.380 e. The van der Waals surface area contributed by atoms with Gasteiger partial charge in [-0.15, -0.1) is 11.3 Å². The summed E-state index contributed by atoms with van der Waals surface area (Å²) in [5.74, 6) is 0. The summed E-state index contributed by atoms with van der Waals surface area (Å²) >= 11 is 4.90. The summed E-state index contributed by atoms with van der Waals surface area (Å²) < 4.78 is 38.9. The fourth-order valence-corrected chi connectivity index (χ4v) is 3.01. The number of aryl methyl sites for hydroxylation is 1. The Hall–Kier alpha value is -1.01. The van der Waals surface area contributed by atoms with Crippen LogP contribution in [0.4, 0.5) is 18.9 Å². The zero-order valence-corrected chi connectivity index (χ0v) is 12.4. The number of thiophene rings is 1. The lowest BCUT2D eigenvalue weighted by Crippen LogP contribution is -2.07. The molecule has 0 saturated carbocycles. The molecule has 0 spiro atoms. The number of rotatable bonds is 3. The first-order valence-corrected chi connectivity index (χ1v) is 7.18. The quantitative estimate of drug-likeness (QED) is 0.776. The molecule has 0 aliphatic heterocycles. The van der Waals surface area contributed by atoms with Crippen LogP contribution in [-0.4, -0.2) is 0 Å². The largest absolute Gasteiger partial charge is 0.416 e. The molecule has 0 amide bonds. The molecule has 0 radical (unpaired) electrons. The maximum atomic E-state index is 12.6. The lowest BCUT2D eigenvalue weighted by atomic mass is 10.1. The second-order valence-electron chi connectivity index (χ2n) is 4.11. The van der Waals surface area contributed by atoms with Gasteiger partial charge in [0.15, 0.2) is 0 Å². The van der Waals surface area contributed by atoms with Crippen LogP contribution < -0.4 is 5.32 Å². The first-order chi connectivity index (χ1) is 8.86. The number of hydrogen-bond donors (Lipinski definition) is 1. The van der Waals surface area contributed by atoms with Crippen molar-refractivity contribution in [2.24, 2.45) is 0 Å². The molecule has 1 nitrogen and oxygen atoms in total. The molecule has 2 aromatic rings. The number of hydrogen-bond acceptors (Lipinski definition) is 2. The number of nitrogens with one attached hydrogen (secondary N) is 1. The Morgan fingerprint density at radius 1 is 1.26 bits per heavy atom. The van der Waals surface area contributed by atoms with Crippen molar-refractivity contribution in [2.75, 3.05) is 5.32 Å². The predicted molar refractivity (Wildman–Crippen MR) is 75.5 cm³/mol. The van der Waals surface area contributed by atoms with E-state index in [-0.39, 0.29) is 0 Å². The summed E-state index contributed by atoms with van der Waals surface area (Å²) in [5, 5.41) is 4.99. The van der Waals surface area contributed by atoms with E-state index in [0.717, 1.165) is 27.0 Å². The highest BCUT2D eigenvalue weighted by atomic mass is 79.9. The first-order valence-electron chi connectivity index (χ1n) is 5.51. The molecular weight excluding hydrogens is 339 g/mol. The van der Waals surface area contributed by atoms with E-state index in [1.54, 1.807) is 18.3 Å². The average Bonchev–Trinajstić information content (AvgIpc) is 2.72. The molecule has 1 N–H and O–H groups in total. The van der Waals surface area contributed by atoms with Crippen LogP contribution in [0.1, 0.15) is 16.0 Å². The molecule has 0 unspecified atom stereocenters. The van der Waals surface area contributed by atoms with Gasteiger partial charge in [0.25, 0.3) is 0 Å². The molecule has 6 heteroatoms. The molecule has 0 saturated heterocycles. The SMILES string of the molecule is Cc1ccc(C(F)(F)F)cc1NCc1cc(Br)cs1. The molecule has 0 aliphatic rings. The van der Waals surface area contributed by atoms with Gasteiger partial charge in [0, 0.05) is 27.0 Å². The molecule has 2 rings (SSSR count). The van der Waals surface area contributed by atoms with Crippen molar-refractivity contribution >= 4 is 33.0 Å².